The van der Waals surface area contributed by atoms with Crippen molar-refractivity contribution >= 4 is 12.1 Å². The molecule has 1 aliphatic rings. The molecular formula is C28H29NO7. The number of alkyl carbamates (subject to hydrolysis) is 1. The molecule has 36 heavy (non-hydrogen) atoms. The Morgan fingerprint density at radius 2 is 1.42 bits per heavy atom. The van der Waals surface area contributed by atoms with Crippen molar-refractivity contribution in [1.29, 1.82) is 0 Å². The summed E-state index contributed by atoms with van der Waals surface area (Å²) in [4.78, 5) is 24.5. The van der Waals surface area contributed by atoms with Gasteiger partial charge >= 0.3 is 12.1 Å². The van der Waals surface area contributed by atoms with Crippen molar-refractivity contribution in [3.8, 4) is 28.4 Å². The summed E-state index contributed by atoms with van der Waals surface area (Å²) in [5.74, 6) is -0.624. The van der Waals surface area contributed by atoms with Crippen molar-refractivity contribution in [2.75, 3.05) is 34.5 Å². The number of rotatable bonds is 10. The van der Waals surface area contributed by atoms with E-state index >= 15 is 0 Å². The molecular weight excluding hydrogens is 462 g/mol. The third-order valence-electron chi connectivity index (χ3n) is 6.44. The molecule has 0 fully saturated rings. The summed E-state index contributed by atoms with van der Waals surface area (Å²) in [5, 5.41) is 12.4. The predicted molar refractivity (Wildman–Crippen MR) is 134 cm³/mol. The topological polar surface area (TPSA) is 103 Å². The zero-order valence-corrected chi connectivity index (χ0v) is 20.4. The number of carbonyl (C=O) groups excluding carboxylic acids is 1. The second-order valence-corrected chi connectivity index (χ2v) is 8.46. The Labute approximate surface area is 209 Å². The number of aliphatic carboxylic acids is 1. The van der Waals surface area contributed by atoms with Gasteiger partial charge < -0.3 is 29.4 Å². The monoisotopic (exact) mass is 491 g/mol. The minimum absolute atomic E-state index is 0.0746. The van der Waals surface area contributed by atoms with Gasteiger partial charge in [-0.25, -0.2) is 4.79 Å². The Bertz CT molecular complexity index is 1210. The molecule has 0 radical (unpaired) electrons. The van der Waals surface area contributed by atoms with Crippen LogP contribution < -0.4 is 19.5 Å². The number of nitrogens with one attached hydrogen (secondary N) is 1. The number of carboxylic acids is 1. The number of amides is 1. The average molecular weight is 492 g/mol. The Balaban J connectivity index is 1.40. The number of benzene rings is 3. The highest BCUT2D eigenvalue weighted by Gasteiger charge is 2.29. The molecule has 2 N–H and O–H groups in total. The Morgan fingerprint density at radius 3 is 1.97 bits per heavy atom. The van der Waals surface area contributed by atoms with Crippen LogP contribution in [-0.2, 0) is 16.0 Å². The maximum Gasteiger partial charge on any atom is 0.407 e. The standard InChI is InChI=1S/C28H29NO7/c1-33-24-14-26(35-3)25(34-2)13-17(24)12-18(27(30)31)15-29-28(32)36-16-23-21-10-6-4-8-19(21)20-9-5-7-11-22(20)23/h4-11,13-14,18,23H,12,15-16H2,1-3H3,(H,29,32)(H,30,31)/t18-/m0/s1. The van der Waals surface area contributed by atoms with Crippen LogP contribution in [0.3, 0.4) is 0 Å². The van der Waals surface area contributed by atoms with Gasteiger partial charge in [0, 0.05) is 18.5 Å². The van der Waals surface area contributed by atoms with Gasteiger partial charge in [-0.3, -0.25) is 4.79 Å². The van der Waals surface area contributed by atoms with Crippen LogP contribution >= 0.6 is 0 Å². The summed E-state index contributed by atoms with van der Waals surface area (Å²) in [7, 11) is 4.51. The lowest BCUT2D eigenvalue weighted by Crippen LogP contribution is -2.35. The van der Waals surface area contributed by atoms with Gasteiger partial charge in [-0.05, 0) is 40.3 Å². The van der Waals surface area contributed by atoms with Crippen LogP contribution in [-0.4, -0.2) is 51.7 Å². The highest BCUT2D eigenvalue weighted by atomic mass is 16.5. The molecule has 1 aliphatic carbocycles. The minimum atomic E-state index is -1.05. The van der Waals surface area contributed by atoms with E-state index < -0.39 is 18.0 Å². The van der Waals surface area contributed by atoms with Gasteiger partial charge in [0.05, 0.1) is 27.2 Å². The highest BCUT2D eigenvalue weighted by Crippen LogP contribution is 2.44. The van der Waals surface area contributed by atoms with Gasteiger partial charge in [-0.2, -0.15) is 0 Å². The van der Waals surface area contributed by atoms with E-state index in [1.165, 1.54) is 21.3 Å². The van der Waals surface area contributed by atoms with Crippen LogP contribution in [0.4, 0.5) is 4.79 Å². The van der Waals surface area contributed by atoms with E-state index in [1.54, 1.807) is 12.1 Å². The number of hydrogen-bond acceptors (Lipinski definition) is 6. The number of methoxy groups -OCH3 is 3. The molecule has 0 aliphatic heterocycles. The normalized spacial score (nSPS) is 12.8. The lowest BCUT2D eigenvalue weighted by molar-refractivity contribution is -0.141. The van der Waals surface area contributed by atoms with Crippen LogP contribution in [0.15, 0.2) is 60.7 Å². The average Bonchev–Trinajstić information content (AvgIpc) is 3.22. The van der Waals surface area contributed by atoms with E-state index in [0.717, 1.165) is 22.3 Å². The highest BCUT2D eigenvalue weighted by molar-refractivity contribution is 5.79. The number of carbonyl (C=O) groups is 2. The maximum atomic E-state index is 12.5. The van der Waals surface area contributed by atoms with Gasteiger partial charge in [0.1, 0.15) is 12.4 Å². The molecule has 0 spiro atoms. The van der Waals surface area contributed by atoms with Crippen LogP contribution in [0.2, 0.25) is 0 Å². The molecule has 1 amide bonds. The van der Waals surface area contributed by atoms with Gasteiger partial charge in [0.25, 0.3) is 0 Å². The summed E-state index contributed by atoms with van der Waals surface area (Å²) in [5.41, 5.74) is 5.11. The van der Waals surface area contributed by atoms with Crippen LogP contribution in [0, 0.1) is 5.92 Å². The number of fused-ring (bicyclic) bond motifs is 3. The van der Waals surface area contributed by atoms with Gasteiger partial charge in [-0.1, -0.05) is 48.5 Å². The fourth-order valence-corrected chi connectivity index (χ4v) is 4.62. The van der Waals surface area contributed by atoms with Crippen molar-refractivity contribution in [3.05, 3.63) is 77.4 Å². The largest absolute Gasteiger partial charge is 0.496 e. The van der Waals surface area contributed by atoms with Crippen molar-refractivity contribution < 1.29 is 33.6 Å². The summed E-state index contributed by atoms with van der Waals surface area (Å²) >= 11 is 0. The first-order valence-electron chi connectivity index (χ1n) is 11.6. The molecule has 3 aromatic rings. The molecule has 0 unspecified atom stereocenters. The molecule has 0 bridgehead atoms. The number of ether oxygens (including phenoxy) is 4. The molecule has 188 valence electrons. The van der Waals surface area contributed by atoms with E-state index in [0.29, 0.717) is 22.8 Å². The van der Waals surface area contributed by atoms with E-state index in [4.69, 9.17) is 18.9 Å². The third-order valence-corrected chi connectivity index (χ3v) is 6.44. The van der Waals surface area contributed by atoms with E-state index in [1.807, 2.05) is 36.4 Å². The van der Waals surface area contributed by atoms with E-state index in [-0.39, 0.29) is 25.5 Å². The lowest BCUT2D eigenvalue weighted by atomic mass is 9.98. The minimum Gasteiger partial charge on any atom is -0.496 e. The summed E-state index contributed by atoms with van der Waals surface area (Å²) in [6, 6.07) is 19.5. The fraction of sp³-hybridized carbons (Fsp3) is 0.286. The van der Waals surface area contributed by atoms with E-state index in [9.17, 15) is 14.7 Å². The molecule has 0 saturated carbocycles. The second-order valence-electron chi connectivity index (χ2n) is 8.46. The van der Waals surface area contributed by atoms with Crippen molar-refractivity contribution in [2.45, 2.75) is 12.3 Å². The smallest absolute Gasteiger partial charge is 0.407 e. The molecule has 4 rings (SSSR count). The van der Waals surface area contributed by atoms with Crippen molar-refractivity contribution in [3.63, 3.8) is 0 Å². The number of hydrogen-bond donors (Lipinski definition) is 2. The Kier molecular flexibility index (Phi) is 7.63. The Hall–Kier alpha value is -4.20. The van der Waals surface area contributed by atoms with Crippen molar-refractivity contribution in [1.82, 2.24) is 5.32 Å². The zero-order chi connectivity index (χ0) is 25.7. The zero-order valence-electron chi connectivity index (χ0n) is 20.4. The first-order valence-corrected chi connectivity index (χ1v) is 11.6. The summed E-state index contributed by atoms with van der Waals surface area (Å²) < 4.78 is 21.5. The van der Waals surface area contributed by atoms with Crippen molar-refractivity contribution in [2.24, 2.45) is 5.92 Å². The molecule has 3 aromatic carbocycles. The SMILES string of the molecule is COc1cc(OC)c(OC)cc1C[C@@H](CNC(=O)OCC1c2ccccc2-c2ccccc21)C(=O)O. The third kappa shape index (κ3) is 5.07. The van der Waals surface area contributed by atoms with E-state index in [2.05, 4.69) is 17.4 Å². The fourth-order valence-electron chi connectivity index (χ4n) is 4.62. The Morgan fingerprint density at radius 1 is 0.861 bits per heavy atom. The molecule has 0 aromatic heterocycles. The van der Waals surface area contributed by atoms with Gasteiger partial charge in [0.15, 0.2) is 11.5 Å². The van der Waals surface area contributed by atoms with Gasteiger partial charge in [-0.15, -0.1) is 0 Å². The predicted octanol–water partition coefficient (Wildman–Crippen LogP) is 4.49. The number of carboxylic acid groups (broad SMARTS) is 1. The lowest BCUT2D eigenvalue weighted by Gasteiger charge is -2.18. The molecule has 8 heteroatoms. The quantitative estimate of drug-likeness (QED) is 0.431. The van der Waals surface area contributed by atoms with Crippen LogP contribution in [0.1, 0.15) is 22.6 Å². The first-order chi connectivity index (χ1) is 17.5. The first kappa shape index (κ1) is 24.9. The van der Waals surface area contributed by atoms with Crippen LogP contribution in [0.25, 0.3) is 11.1 Å². The summed E-state index contributed by atoms with van der Waals surface area (Å²) in [6.45, 7) is 0.0462. The van der Waals surface area contributed by atoms with Crippen LogP contribution in [0.5, 0.6) is 17.2 Å². The maximum absolute atomic E-state index is 12.5. The second kappa shape index (κ2) is 11.0. The summed E-state index contributed by atoms with van der Waals surface area (Å²) in [6.07, 6.45) is -0.551. The molecule has 0 heterocycles. The molecule has 0 saturated heterocycles. The van der Waals surface area contributed by atoms with Gasteiger partial charge in [0.2, 0.25) is 0 Å². The molecule has 8 nitrogen and oxygen atoms in total. The molecule has 1 atom stereocenters.